The summed E-state index contributed by atoms with van der Waals surface area (Å²) in [7, 11) is 0. The van der Waals surface area contributed by atoms with Crippen LogP contribution in [0.25, 0.3) is 0 Å². The predicted molar refractivity (Wildman–Crippen MR) is 70.9 cm³/mol. The highest BCUT2D eigenvalue weighted by Gasteiger charge is 2.28. The molecule has 1 aromatic carbocycles. The first-order valence-electron chi connectivity index (χ1n) is 4.80. The number of rotatable bonds is 3. The van der Waals surface area contributed by atoms with Gasteiger partial charge in [0, 0.05) is 28.8 Å². The summed E-state index contributed by atoms with van der Waals surface area (Å²) in [4.78, 5) is 0. The number of aliphatic hydroxyl groups excluding tert-OH is 1. The molecule has 3 nitrogen and oxygen atoms in total. The Morgan fingerprint density at radius 2 is 2.00 bits per heavy atom. The monoisotopic (exact) mass is 264 g/mol. The molecule has 0 heterocycles. The van der Waals surface area contributed by atoms with Crippen LogP contribution >= 0.6 is 24.0 Å². The molecule has 0 unspecified atom stereocenters. The van der Waals surface area contributed by atoms with Crippen molar-refractivity contribution in [2.75, 3.05) is 12.3 Å². The number of hydrogen-bond donors (Lipinski definition) is 3. The molecule has 0 saturated carbocycles. The molecule has 0 bridgehead atoms. The summed E-state index contributed by atoms with van der Waals surface area (Å²) in [6.45, 7) is 3.77. The number of nitrogens with two attached hydrogens (primary N) is 2. The second-order valence-corrected chi connectivity index (χ2v) is 4.83. The van der Waals surface area contributed by atoms with Gasteiger partial charge in [-0.2, -0.15) is 0 Å². The first-order chi connectivity index (χ1) is 6.88. The number of anilines is 1. The molecule has 0 aliphatic carbocycles. The van der Waals surface area contributed by atoms with Crippen LogP contribution in [0.5, 0.6) is 0 Å². The summed E-state index contributed by atoms with van der Waals surface area (Å²) in [5.74, 6) is 0. The van der Waals surface area contributed by atoms with E-state index in [1.165, 1.54) is 0 Å². The van der Waals surface area contributed by atoms with Crippen LogP contribution in [-0.2, 0) is 0 Å². The Morgan fingerprint density at radius 3 is 2.50 bits per heavy atom. The Labute approximate surface area is 107 Å². The highest BCUT2D eigenvalue weighted by atomic mass is 35.5. The van der Waals surface area contributed by atoms with Crippen LogP contribution < -0.4 is 11.5 Å². The fourth-order valence-corrected chi connectivity index (χ4v) is 1.51. The maximum absolute atomic E-state index is 9.23. The van der Waals surface area contributed by atoms with Crippen molar-refractivity contribution < 1.29 is 5.11 Å². The molecule has 1 aromatic rings. The van der Waals surface area contributed by atoms with Crippen molar-refractivity contribution in [2.45, 2.75) is 19.9 Å². The van der Waals surface area contributed by atoms with E-state index in [2.05, 4.69) is 0 Å². The molecular weight excluding hydrogens is 247 g/mol. The summed E-state index contributed by atoms with van der Waals surface area (Å²) in [6.07, 6.45) is 0. The van der Waals surface area contributed by atoms with Gasteiger partial charge in [-0.25, -0.2) is 0 Å². The van der Waals surface area contributed by atoms with Crippen LogP contribution in [0.3, 0.4) is 0 Å². The summed E-state index contributed by atoms with van der Waals surface area (Å²) in [5.41, 5.74) is 12.8. The highest BCUT2D eigenvalue weighted by molar-refractivity contribution is 6.30. The maximum Gasteiger partial charge on any atom is 0.0500 e. The van der Waals surface area contributed by atoms with E-state index in [9.17, 15) is 5.11 Å². The molecule has 1 rings (SSSR count). The third kappa shape index (κ3) is 3.25. The van der Waals surface area contributed by atoms with Gasteiger partial charge in [0.25, 0.3) is 0 Å². The molecule has 0 aliphatic heterocycles. The highest BCUT2D eigenvalue weighted by Crippen LogP contribution is 2.34. The topological polar surface area (TPSA) is 72.3 Å². The van der Waals surface area contributed by atoms with Crippen molar-refractivity contribution in [3.63, 3.8) is 0 Å². The Hall–Kier alpha value is -0.480. The van der Waals surface area contributed by atoms with Gasteiger partial charge in [0.1, 0.15) is 0 Å². The van der Waals surface area contributed by atoms with E-state index in [1.807, 2.05) is 13.8 Å². The molecule has 5 heteroatoms. The molecule has 16 heavy (non-hydrogen) atoms. The van der Waals surface area contributed by atoms with Crippen LogP contribution in [0.4, 0.5) is 5.69 Å². The predicted octanol–water partition coefficient (Wildman–Crippen LogP) is 2.36. The first kappa shape index (κ1) is 15.5. The molecule has 1 atom stereocenters. The van der Waals surface area contributed by atoms with Gasteiger partial charge in [0.05, 0.1) is 0 Å². The summed E-state index contributed by atoms with van der Waals surface area (Å²) in [6, 6.07) is 4.87. The largest absolute Gasteiger partial charge is 0.398 e. The summed E-state index contributed by atoms with van der Waals surface area (Å²) in [5, 5.41) is 9.83. The number of aliphatic hydroxyl groups is 1. The second kappa shape index (κ2) is 5.73. The number of halogens is 2. The molecule has 0 amide bonds. The third-order valence-electron chi connectivity index (χ3n) is 2.63. The molecule has 92 valence electrons. The lowest BCUT2D eigenvalue weighted by atomic mass is 9.81. The SMILES string of the molecule is CC(C)(CO)[C@@H](N)c1cc(Cl)ccc1N.Cl. The number of hydrogen-bond acceptors (Lipinski definition) is 3. The zero-order valence-corrected chi connectivity index (χ0v) is 11.0. The average Bonchev–Trinajstić information content (AvgIpc) is 2.20. The van der Waals surface area contributed by atoms with E-state index in [0.717, 1.165) is 5.56 Å². The van der Waals surface area contributed by atoms with E-state index in [4.69, 9.17) is 23.1 Å². The zero-order valence-electron chi connectivity index (χ0n) is 9.40. The Morgan fingerprint density at radius 1 is 1.44 bits per heavy atom. The standard InChI is InChI=1S/C11H17ClN2O.ClH/c1-11(2,6-15)10(14)8-5-7(12)3-4-9(8)13;/h3-5,10,15H,6,13-14H2,1-2H3;1H/t10-;/m0./s1. The number of nitrogen functional groups attached to an aromatic ring is 1. The lowest BCUT2D eigenvalue weighted by Crippen LogP contribution is -2.32. The fourth-order valence-electron chi connectivity index (χ4n) is 1.33. The molecule has 0 aromatic heterocycles. The average molecular weight is 265 g/mol. The van der Waals surface area contributed by atoms with Crippen LogP contribution in [0.1, 0.15) is 25.5 Å². The smallest absolute Gasteiger partial charge is 0.0500 e. The molecule has 0 aliphatic rings. The summed E-state index contributed by atoms with van der Waals surface area (Å²) >= 11 is 5.88. The van der Waals surface area contributed by atoms with Crippen molar-refractivity contribution in [3.8, 4) is 0 Å². The Kier molecular flexibility index (Phi) is 5.56. The first-order valence-corrected chi connectivity index (χ1v) is 5.17. The second-order valence-electron chi connectivity index (χ2n) is 4.40. The lowest BCUT2D eigenvalue weighted by molar-refractivity contribution is 0.132. The Bertz CT molecular complexity index is 356. The van der Waals surface area contributed by atoms with Crippen molar-refractivity contribution >= 4 is 29.7 Å². The van der Waals surface area contributed by atoms with Crippen LogP contribution in [0, 0.1) is 5.41 Å². The van der Waals surface area contributed by atoms with Gasteiger partial charge < -0.3 is 16.6 Å². The van der Waals surface area contributed by atoms with Crippen LogP contribution in [0.15, 0.2) is 18.2 Å². The molecule has 0 saturated heterocycles. The molecule has 0 radical (unpaired) electrons. The molecule has 0 spiro atoms. The van der Waals surface area contributed by atoms with E-state index in [-0.39, 0.29) is 25.1 Å². The van der Waals surface area contributed by atoms with Crippen molar-refractivity contribution in [3.05, 3.63) is 28.8 Å². The van der Waals surface area contributed by atoms with Gasteiger partial charge in [-0.3, -0.25) is 0 Å². The van der Waals surface area contributed by atoms with E-state index < -0.39 is 5.41 Å². The minimum absolute atomic E-state index is 0. The minimum Gasteiger partial charge on any atom is -0.398 e. The van der Waals surface area contributed by atoms with Crippen LogP contribution in [0.2, 0.25) is 5.02 Å². The quantitative estimate of drug-likeness (QED) is 0.734. The van der Waals surface area contributed by atoms with Gasteiger partial charge in [-0.15, -0.1) is 12.4 Å². The Balaban J connectivity index is 0.00000225. The van der Waals surface area contributed by atoms with Gasteiger partial charge in [-0.05, 0) is 23.8 Å². The number of benzene rings is 1. The molecular formula is C11H18Cl2N2O. The fraction of sp³-hybridized carbons (Fsp3) is 0.455. The lowest BCUT2D eigenvalue weighted by Gasteiger charge is -2.30. The van der Waals surface area contributed by atoms with Gasteiger partial charge in [0.15, 0.2) is 0 Å². The van der Waals surface area contributed by atoms with E-state index in [0.29, 0.717) is 10.7 Å². The van der Waals surface area contributed by atoms with Crippen LogP contribution in [-0.4, -0.2) is 11.7 Å². The van der Waals surface area contributed by atoms with Gasteiger partial charge >= 0.3 is 0 Å². The minimum atomic E-state index is -0.418. The normalized spacial score (nSPS) is 13.1. The van der Waals surface area contributed by atoms with Crippen molar-refractivity contribution in [2.24, 2.45) is 11.1 Å². The van der Waals surface area contributed by atoms with E-state index >= 15 is 0 Å². The molecule has 5 N–H and O–H groups in total. The van der Waals surface area contributed by atoms with Gasteiger partial charge in [0.2, 0.25) is 0 Å². The summed E-state index contributed by atoms with van der Waals surface area (Å²) < 4.78 is 0. The van der Waals surface area contributed by atoms with E-state index in [1.54, 1.807) is 18.2 Å². The van der Waals surface area contributed by atoms with Crippen molar-refractivity contribution in [1.29, 1.82) is 0 Å². The van der Waals surface area contributed by atoms with Crippen molar-refractivity contribution in [1.82, 2.24) is 0 Å². The van der Waals surface area contributed by atoms with Gasteiger partial charge in [-0.1, -0.05) is 25.4 Å². The third-order valence-corrected chi connectivity index (χ3v) is 2.87. The maximum atomic E-state index is 9.23. The zero-order chi connectivity index (χ0) is 11.6. The molecule has 0 fully saturated rings.